The maximum atomic E-state index is 13.1. The molecule has 3 aromatic carbocycles. The van der Waals surface area contributed by atoms with E-state index in [1.54, 1.807) is 7.11 Å². The highest BCUT2D eigenvalue weighted by Gasteiger charge is 2.25. The molecular weight excluding hydrogens is 460 g/mol. The van der Waals surface area contributed by atoms with E-state index in [1.807, 2.05) is 83.1 Å². The van der Waals surface area contributed by atoms with E-state index in [4.69, 9.17) is 9.47 Å². The molecule has 0 aliphatic carbocycles. The highest BCUT2D eigenvalue weighted by Crippen LogP contribution is 2.34. The van der Waals surface area contributed by atoms with Gasteiger partial charge in [-0.15, -0.1) is 10.2 Å². The van der Waals surface area contributed by atoms with Crippen LogP contribution in [0.3, 0.4) is 0 Å². The van der Waals surface area contributed by atoms with Crippen LogP contribution in [0.1, 0.15) is 12.5 Å². The number of carbonyl (C=O) groups is 1. The highest BCUT2D eigenvalue weighted by molar-refractivity contribution is 7.99. The van der Waals surface area contributed by atoms with E-state index >= 15 is 0 Å². The lowest BCUT2D eigenvalue weighted by Gasteiger charge is -2.17. The summed E-state index contributed by atoms with van der Waals surface area (Å²) in [5, 5.41) is 9.60. The molecule has 0 atom stereocenters. The largest absolute Gasteiger partial charge is 0.496 e. The number of para-hydroxylation sites is 2. The summed E-state index contributed by atoms with van der Waals surface area (Å²) in [6.45, 7) is 3.26. The van der Waals surface area contributed by atoms with E-state index < -0.39 is 0 Å². The average molecular weight is 487 g/mol. The van der Waals surface area contributed by atoms with Gasteiger partial charge >= 0.3 is 0 Å². The molecule has 4 aromatic rings. The summed E-state index contributed by atoms with van der Waals surface area (Å²) in [5.74, 6) is 2.46. The van der Waals surface area contributed by atoms with Crippen molar-refractivity contribution in [1.29, 1.82) is 0 Å². The number of hydrogen-bond acceptors (Lipinski definition) is 6. The first-order valence-electron chi connectivity index (χ1n) is 11.5. The first-order valence-corrected chi connectivity index (χ1v) is 12.5. The maximum absolute atomic E-state index is 13.1. The Bertz CT molecular complexity index is 1340. The number of hydrogen-bond donors (Lipinski definition) is 0. The van der Waals surface area contributed by atoms with Gasteiger partial charge in [0.2, 0.25) is 5.91 Å². The van der Waals surface area contributed by atoms with Gasteiger partial charge in [-0.3, -0.25) is 9.36 Å². The summed E-state index contributed by atoms with van der Waals surface area (Å²) in [5.41, 5.74) is 3.91. The molecule has 0 fully saturated rings. The lowest BCUT2D eigenvalue weighted by molar-refractivity contribution is -0.116. The topological polar surface area (TPSA) is 69.5 Å². The van der Waals surface area contributed by atoms with Gasteiger partial charge in [0.05, 0.1) is 30.7 Å². The van der Waals surface area contributed by atoms with Gasteiger partial charge in [-0.2, -0.15) is 0 Å². The number of anilines is 1. The van der Waals surface area contributed by atoms with Crippen LogP contribution in [-0.2, 0) is 11.2 Å². The SMILES string of the molecule is CCOc1ccc(-n2c(SCC(=O)N3CCc4ccccc43)nnc2-c2ccccc2OC)cc1. The number of thioether (sulfide) groups is 1. The van der Waals surface area contributed by atoms with E-state index in [9.17, 15) is 4.79 Å². The highest BCUT2D eigenvalue weighted by atomic mass is 32.2. The molecule has 7 nitrogen and oxygen atoms in total. The van der Waals surface area contributed by atoms with Gasteiger partial charge in [-0.25, -0.2) is 0 Å². The second-order valence-corrected chi connectivity index (χ2v) is 8.92. The van der Waals surface area contributed by atoms with Crippen LogP contribution < -0.4 is 14.4 Å². The Hall–Kier alpha value is -3.78. The van der Waals surface area contributed by atoms with Crippen molar-refractivity contribution in [3.05, 3.63) is 78.4 Å². The minimum Gasteiger partial charge on any atom is -0.496 e. The molecule has 8 heteroatoms. The quantitative estimate of drug-likeness (QED) is 0.326. The van der Waals surface area contributed by atoms with Gasteiger partial charge in [0, 0.05) is 12.2 Å². The number of nitrogens with zero attached hydrogens (tertiary/aromatic N) is 4. The van der Waals surface area contributed by atoms with Gasteiger partial charge in [0.25, 0.3) is 0 Å². The standard InChI is InChI=1S/C27H26N4O3S/c1-3-34-21-14-12-20(13-15-21)31-26(22-9-5-7-11-24(22)33-2)28-29-27(31)35-18-25(32)30-17-16-19-8-4-6-10-23(19)30/h4-15H,3,16-18H2,1-2H3. The number of aromatic nitrogens is 3. The number of benzene rings is 3. The van der Waals surface area contributed by atoms with Crippen molar-refractivity contribution in [1.82, 2.24) is 14.8 Å². The second-order valence-electron chi connectivity index (χ2n) is 7.98. The Balaban J connectivity index is 1.47. The summed E-state index contributed by atoms with van der Waals surface area (Å²) in [6.07, 6.45) is 0.882. The second kappa shape index (κ2) is 10.2. The molecule has 0 N–H and O–H groups in total. The monoisotopic (exact) mass is 486 g/mol. The van der Waals surface area contributed by atoms with Gasteiger partial charge in [0.15, 0.2) is 11.0 Å². The summed E-state index contributed by atoms with van der Waals surface area (Å²) in [6, 6.07) is 23.6. The Kier molecular flexibility index (Phi) is 6.72. The van der Waals surface area contributed by atoms with Crippen LogP contribution in [0.2, 0.25) is 0 Å². The van der Waals surface area contributed by atoms with Crippen molar-refractivity contribution in [2.45, 2.75) is 18.5 Å². The number of methoxy groups -OCH3 is 1. The summed E-state index contributed by atoms with van der Waals surface area (Å²) >= 11 is 1.38. The molecule has 0 bridgehead atoms. The summed E-state index contributed by atoms with van der Waals surface area (Å²) in [4.78, 5) is 15.0. The molecule has 1 aromatic heterocycles. The van der Waals surface area contributed by atoms with Crippen LogP contribution in [0.15, 0.2) is 78.0 Å². The summed E-state index contributed by atoms with van der Waals surface area (Å²) in [7, 11) is 1.64. The van der Waals surface area contributed by atoms with Crippen LogP contribution >= 0.6 is 11.8 Å². The van der Waals surface area contributed by atoms with E-state index in [-0.39, 0.29) is 11.7 Å². The van der Waals surface area contributed by atoms with Crippen LogP contribution in [-0.4, -0.2) is 46.7 Å². The van der Waals surface area contributed by atoms with Crippen molar-refractivity contribution in [3.63, 3.8) is 0 Å². The lowest BCUT2D eigenvalue weighted by Crippen LogP contribution is -2.30. The lowest BCUT2D eigenvalue weighted by atomic mass is 10.2. The molecule has 35 heavy (non-hydrogen) atoms. The van der Waals surface area contributed by atoms with Crippen molar-refractivity contribution < 1.29 is 14.3 Å². The Morgan fingerprint density at radius 2 is 1.77 bits per heavy atom. The van der Waals surface area contributed by atoms with E-state index in [0.717, 1.165) is 29.1 Å². The van der Waals surface area contributed by atoms with Crippen molar-refractivity contribution >= 4 is 23.4 Å². The third-order valence-corrected chi connectivity index (χ3v) is 6.81. The van der Waals surface area contributed by atoms with E-state index in [0.29, 0.717) is 29.9 Å². The fourth-order valence-electron chi connectivity index (χ4n) is 4.26. The summed E-state index contributed by atoms with van der Waals surface area (Å²) < 4.78 is 13.2. The van der Waals surface area contributed by atoms with Crippen molar-refractivity contribution in [3.8, 4) is 28.6 Å². The van der Waals surface area contributed by atoms with Crippen LogP contribution in [0.5, 0.6) is 11.5 Å². The fourth-order valence-corrected chi connectivity index (χ4v) is 5.09. The molecule has 0 saturated heterocycles. The molecule has 1 aliphatic rings. The van der Waals surface area contributed by atoms with Gasteiger partial charge in [0.1, 0.15) is 11.5 Å². The molecule has 0 unspecified atom stereocenters. The van der Waals surface area contributed by atoms with Crippen LogP contribution in [0.4, 0.5) is 5.69 Å². The molecule has 0 radical (unpaired) electrons. The first-order chi connectivity index (χ1) is 17.2. The Morgan fingerprint density at radius 3 is 2.57 bits per heavy atom. The molecule has 5 rings (SSSR count). The Morgan fingerprint density at radius 1 is 1.00 bits per heavy atom. The fraction of sp³-hybridized carbons (Fsp3) is 0.222. The number of fused-ring (bicyclic) bond motifs is 1. The zero-order valence-electron chi connectivity index (χ0n) is 19.7. The minimum absolute atomic E-state index is 0.0556. The molecule has 1 aliphatic heterocycles. The molecule has 0 saturated carbocycles. The van der Waals surface area contributed by atoms with Gasteiger partial charge < -0.3 is 14.4 Å². The predicted octanol–water partition coefficient (Wildman–Crippen LogP) is 5.02. The average Bonchev–Trinajstić information content (AvgIpc) is 3.52. The third kappa shape index (κ3) is 4.61. The normalized spacial score (nSPS) is 12.5. The number of ether oxygens (including phenoxy) is 2. The Labute approximate surface area is 208 Å². The van der Waals surface area contributed by atoms with Gasteiger partial charge in [-0.1, -0.05) is 42.1 Å². The van der Waals surface area contributed by atoms with Crippen LogP contribution in [0.25, 0.3) is 17.1 Å². The molecule has 178 valence electrons. The number of carbonyl (C=O) groups excluding carboxylic acids is 1. The molecule has 2 heterocycles. The smallest absolute Gasteiger partial charge is 0.237 e. The predicted molar refractivity (Wildman–Crippen MR) is 138 cm³/mol. The number of amides is 1. The van der Waals surface area contributed by atoms with Crippen molar-refractivity contribution in [2.75, 3.05) is 30.9 Å². The molecule has 0 spiro atoms. The van der Waals surface area contributed by atoms with E-state index in [2.05, 4.69) is 16.3 Å². The van der Waals surface area contributed by atoms with Crippen molar-refractivity contribution in [2.24, 2.45) is 0 Å². The third-order valence-electron chi connectivity index (χ3n) is 5.90. The zero-order chi connectivity index (χ0) is 24.2. The maximum Gasteiger partial charge on any atom is 0.237 e. The van der Waals surface area contributed by atoms with E-state index in [1.165, 1.54) is 17.3 Å². The molecule has 1 amide bonds. The van der Waals surface area contributed by atoms with Gasteiger partial charge in [-0.05, 0) is 61.4 Å². The molecular formula is C27H26N4O3S. The zero-order valence-corrected chi connectivity index (χ0v) is 20.5. The number of rotatable bonds is 8. The first kappa shape index (κ1) is 23.0. The van der Waals surface area contributed by atoms with Crippen LogP contribution in [0, 0.1) is 0 Å². The minimum atomic E-state index is 0.0556.